The smallest absolute Gasteiger partial charge is 0.201 e. The number of hydrogen-bond acceptors (Lipinski definition) is 0. The molecule has 0 saturated heterocycles. The molecule has 4 aromatic carbocycles. The standard InChI is InChI=1S/2C22H30N.C21H26N.C21H28N/c2*1-15-8-9-17(16(2)12-15)20-13-18-19(14-23(20)7)22(5,6)11-10-21(18,3)4;1-13-6-7-15(14(2)12-13)20-19-16(10-11-22(20)5)17-8-9-18(19)21(17,3)4;1-14-7-8-17(16(3)11-14)20-12-18-15(2)9-10-21(4,5)19(18)13-22(20)6/h2*8-9,12-14H,10-11H2,1-7H3;6-7,10-12,17-18H,8-9H2,1-5H3;7-8,11-13,15H,9-10H2,1-6H3/q4*+1/i2*1D3;1D3,17D,18D;. The van der Waals surface area contributed by atoms with Crippen molar-refractivity contribution in [2.75, 3.05) is 0 Å². The molecule has 5 aliphatic carbocycles. The SMILES string of the molecule is Cc1ccc(-c2cc3c(c[n+]2C)C(C)(C)CCC3C)c(C)c1.[2H]C([2H])([2H])c1ccc(-c2c3c(cc[n+]2C)C2([2H])CCC3([2H])C2(C)C)c(C)c1.[2H]C([2H])([2H])c1ccc(-c2cc3c(c[n+]2C)C(C)(C)CCC3(C)C)c(C)c1.[2H]C([2H])([2H])c1ccc(-c2cc3c(c[n+]2C)C(C)(C)CCC3(C)C)c(C)c1. The van der Waals surface area contributed by atoms with Gasteiger partial charge >= 0.3 is 0 Å². The Morgan fingerprint density at radius 2 is 0.744 bits per heavy atom. The number of pyridine rings is 4. The Morgan fingerprint density at radius 3 is 1.18 bits per heavy atom. The van der Waals surface area contributed by atoms with Crippen molar-refractivity contribution < 1.29 is 33.3 Å². The molecule has 4 nitrogen and oxygen atoms in total. The second-order valence-corrected chi connectivity index (χ2v) is 31.7. The summed E-state index contributed by atoms with van der Waals surface area (Å²) in [5.74, 6) is -0.901. The average molecular weight is 1210 g/mol. The van der Waals surface area contributed by atoms with E-state index < -0.39 is 37.8 Å². The van der Waals surface area contributed by atoms with Crippen molar-refractivity contribution in [2.45, 2.75) is 241 Å². The van der Waals surface area contributed by atoms with Crippen molar-refractivity contribution in [3.05, 3.63) is 211 Å². The molecule has 474 valence electrons. The molecule has 4 heterocycles. The normalized spacial score (nSPS) is 24.2. The molecule has 5 aliphatic rings. The lowest BCUT2D eigenvalue weighted by atomic mass is 9.63. The van der Waals surface area contributed by atoms with Crippen LogP contribution in [0.4, 0.5) is 0 Å². The average Bonchev–Trinajstić information content (AvgIpc) is 1.52. The van der Waals surface area contributed by atoms with Crippen LogP contribution in [0.3, 0.4) is 0 Å². The van der Waals surface area contributed by atoms with Crippen molar-refractivity contribution in [1.82, 2.24) is 0 Å². The first-order chi connectivity index (χ1) is 46.3. The highest BCUT2D eigenvalue weighted by molar-refractivity contribution is 5.70. The van der Waals surface area contributed by atoms with Crippen molar-refractivity contribution >= 4 is 0 Å². The molecular formula is C86H114N4+4. The van der Waals surface area contributed by atoms with Crippen LogP contribution in [0, 0.1) is 60.6 Å². The molecule has 0 spiro atoms. The van der Waals surface area contributed by atoms with E-state index in [4.69, 9.17) is 12.3 Å². The first-order valence-corrected chi connectivity index (χ1v) is 33.4. The highest BCUT2D eigenvalue weighted by atomic mass is 14.9. The van der Waals surface area contributed by atoms with Gasteiger partial charge in [-0.15, -0.1) is 0 Å². The fraction of sp³-hybridized carbons (Fsp3) is 0.488. The summed E-state index contributed by atoms with van der Waals surface area (Å²) in [6.07, 6.45) is 17.6. The second-order valence-electron chi connectivity index (χ2n) is 31.7. The molecule has 2 bridgehead atoms. The molecule has 0 amide bonds. The molecular weight excluding hydrogens is 1090 g/mol. The van der Waals surface area contributed by atoms with Crippen LogP contribution in [-0.4, -0.2) is 0 Å². The fourth-order valence-corrected chi connectivity index (χ4v) is 16.0. The Bertz CT molecular complexity index is 4410. The summed E-state index contributed by atoms with van der Waals surface area (Å²) in [4.78, 5) is 0. The lowest BCUT2D eigenvalue weighted by Gasteiger charge is -2.40. The maximum Gasteiger partial charge on any atom is 0.216 e. The van der Waals surface area contributed by atoms with Gasteiger partial charge in [0.15, 0.2) is 24.8 Å². The molecule has 3 atom stereocenters. The minimum absolute atomic E-state index is 0.153. The first-order valence-electron chi connectivity index (χ1n) is 38.9. The van der Waals surface area contributed by atoms with Gasteiger partial charge in [-0.05, 0) is 226 Å². The zero-order chi connectivity index (χ0) is 75.0. The third kappa shape index (κ3) is 12.5. The third-order valence-electron chi connectivity index (χ3n) is 22.2. The molecule has 1 fully saturated rings. The Morgan fingerprint density at radius 1 is 0.378 bits per heavy atom. The zero-order valence-electron chi connectivity index (χ0n) is 70.1. The molecule has 3 unspecified atom stereocenters. The van der Waals surface area contributed by atoms with E-state index in [9.17, 15) is 2.74 Å². The van der Waals surface area contributed by atoms with Crippen molar-refractivity contribution in [1.29, 1.82) is 0 Å². The Hall–Kier alpha value is -6.52. The third-order valence-corrected chi connectivity index (χ3v) is 22.2. The van der Waals surface area contributed by atoms with Gasteiger partial charge < -0.3 is 0 Å². The number of rotatable bonds is 4. The van der Waals surface area contributed by atoms with Crippen LogP contribution in [-0.2, 0) is 55.3 Å². The van der Waals surface area contributed by atoms with Gasteiger partial charge in [0.2, 0.25) is 22.8 Å². The van der Waals surface area contributed by atoms with Crippen molar-refractivity contribution in [3.63, 3.8) is 0 Å². The summed E-state index contributed by atoms with van der Waals surface area (Å²) in [6.45, 7) is 33.9. The lowest BCUT2D eigenvalue weighted by Crippen LogP contribution is -2.40. The number of hydrogen-bond donors (Lipinski definition) is 0. The Balaban J connectivity index is 0.000000146. The number of benzene rings is 4. The molecule has 0 N–H and O–H groups in total. The maximum atomic E-state index is 9.36. The zero-order valence-corrected chi connectivity index (χ0v) is 59.1. The van der Waals surface area contributed by atoms with E-state index >= 15 is 0 Å². The fourth-order valence-electron chi connectivity index (χ4n) is 16.0. The van der Waals surface area contributed by atoms with Crippen LogP contribution in [0.1, 0.15) is 263 Å². The van der Waals surface area contributed by atoms with E-state index in [0.717, 1.165) is 61.6 Å². The first kappa shape index (κ1) is 53.0. The molecule has 90 heavy (non-hydrogen) atoms. The summed E-state index contributed by atoms with van der Waals surface area (Å²) in [6, 6.07) is 32.1. The van der Waals surface area contributed by atoms with Gasteiger partial charge in [-0.3, -0.25) is 0 Å². The Kier molecular flexibility index (Phi) is 14.3. The molecule has 1 saturated carbocycles. The monoisotopic (exact) mass is 1210 g/mol. The minimum atomic E-state index is -2.13. The number of aromatic nitrogens is 4. The summed E-state index contributed by atoms with van der Waals surface area (Å²) in [5.41, 5.74) is 26.9. The van der Waals surface area contributed by atoms with Crippen molar-refractivity contribution in [3.8, 4) is 45.0 Å². The summed E-state index contributed by atoms with van der Waals surface area (Å²) < 4.78 is 96.0. The van der Waals surface area contributed by atoms with E-state index in [1.807, 2.05) is 76.7 Å². The van der Waals surface area contributed by atoms with E-state index in [0.29, 0.717) is 40.9 Å². The highest BCUT2D eigenvalue weighted by Gasteiger charge is 2.54. The van der Waals surface area contributed by atoms with E-state index in [-0.39, 0.29) is 21.7 Å². The molecule has 4 aromatic heterocycles. The molecule has 0 aliphatic heterocycles. The number of aryl methyl sites for hydroxylation is 12. The van der Waals surface area contributed by atoms with Gasteiger partial charge in [0.05, 0.1) is 0 Å². The summed E-state index contributed by atoms with van der Waals surface area (Å²) in [5, 5.41) is 0. The van der Waals surface area contributed by atoms with Gasteiger partial charge in [-0.2, -0.15) is 0 Å². The molecule has 13 rings (SSSR count). The Labute approximate surface area is 561 Å². The van der Waals surface area contributed by atoms with E-state index in [2.05, 4.69) is 180 Å². The predicted molar refractivity (Wildman–Crippen MR) is 380 cm³/mol. The second kappa shape index (κ2) is 24.2. The largest absolute Gasteiger partial charge is 0.216 e. The van der Waals surface area contributed by atoms with Gasteiger partial charge in [-0.1, -0.05) is 161 Å². The van der Waals surface area contributed by atoms with Gasteiger partial charge in [-0.25, -0.2) is 18.3 Å². The summed E-state index contributed by atoms with van der Waals surface area (Å²) >= 11 is 0. The number of fused-ring (bicyclic) bond motifs is 8. The van der Waals surface area contributed by atoms with Crippen LogP contribution in [0.2, 0.25) is 0 Å². The van der Waals surface area contributed by atoms with Crippen LogP contribution in [0.15, 0.2) is 122 Å². The minimum Gasteiger partial charge on any atom is -0.201 e. The van der Waals surface area contributed by atoms with E-state index in [1.54, 1.807) is 42.0 Å². The van der Waals surface area contributed by atoms with Crippen LogP contribution in [0.5, 0.6) is 0 Å². The van der Waals surface area contributed by atoms with E-state index in [1.165, 1.54) is 88.7 Å². The van der Waals surface area contributed by atoms with Gasteiger partial charge in [0, 0.05) is 83.9 Å². The molecule has 0 radical (unpaired) electrons. The van der Waals surface area contributed by atoms with Crippen LogP contribution < -0.4 is 18.3 Å². The van der Waals surface area contributed by atoms with Crippen molar-refractivity contribution in [2.24, 2.45) is 33.6 Å². The molecule has 8 aromatic rings. The van der Waals surface area contributed by atoms with Crippen LogP contribution in [0.25, 0.3) is 45.0 Å². The van der Waals surface area contributed by atoms with Crippen LogP contribution >= 0.6 is 0 Å². The van der Waals surface area contributed by atoms with Gasteiger partial charge in [0.1, 0.15) is 28.2 Å². The summed E-state index contributed by atoms with van der Waals surface area (Å²) in [7, 11) is 8.32. The topological polar surface area (TPSA) is 15.5 Å². The van der Waals surface area contributed by atoms with Gasteiger partial charge in [0.25, 0.3) is 0 Å². The quantitative estimate of drug-likeness (QED) is 0.156. The molecule has 4 heteroatoms. The predicted octanol–water partition coefficient (Wildman–Crippen LogP) is 20.1. The lowest BCUT2D eigenvalue weighted by molar-refractivity contribution is -0.661. The maximum absolute atomic E-state index is 9.36. The number of nitrogens with zero attached hydrogens (tertiary/aromatic N) is 4. The highest BCUT2D eigenvalue weighted by Crippen LogP contribution is 2.65.